The third-order valence-electron chi connectivity index (χ3n) is 3.00. The predicted octanol–water partition coefficient (Wildman–Crippen LogP) is 4.19. The Hall–Kier alpha value is -1.93. The molecule has 3 aromatic rings. The van der Waals surface area contributed by atoms with Crippen molar-refractivity contribution in [3.63, 3.8) is 0 Å². The van der Waals surface area contributed by atoms with E-state index < -0.39 is 0 Å². The van der Waals surface area contributed by atoms with E-state index in [9.17, 15) is 4.79 Å². The average Bonchev–Trinajstić information content (AvgIpc) is 3.22. The minimum absolute atomic E-state index is 0. The van der Waals surface area contributed by atoms with E-state index in [4.69, 9.17) is 4.74 Å². The van der Waals surface area contributed by atoms with Crippen molar-refractivity contribution in [1.82, 2.24) is 0 Å². The molecule has 0 aliphatic rings. The van der Waals surface area contributed by atoms with Gasteiger partial charge in [0.05, 0.1) is 0 Å². The molecule has 0 radical (unpaired) electrons. The van der Waals surface area contributed by atoms with Gasteiger partial charge in [0.1, 0.15) is 0 Å². The number of carbonyl (C=O) groups is 1. The van der Waals surface area contributed by atoms with Crippen LogP contribution >= 0.6 is 0 Å². The fourth-order valence-electron chi connectivity index (χ4n) is 1.96. The van der Waals surface area contributed by atoms with Gasteiger partial charge in [-0.3, -0.25) is 0 Å². The van der Waals surface area contributed by atoms with Gasteiger partial charge in [-0.15, -0.1) is 5.56 Å². The Labute approximate surface area is 141 Å². The second-order valence-corrected chi connectivity index (χ2v) is 4.59. The van der Waals surface area contributed by atoms with Crippen LogP contribution in [0.25, 0.3) is 0 Å². The van der Waals surface area contributed by atoms with Crippen LogP contribution in [0, 0.1) is 0 Å². The molecule has 0 aliphatic heterocycles. The van der Waals surface area contributed by atoms with Crippen LogP contribution in [0.15, 0.2) is 78.9 Å². The van der Waals surface area contributed by atoms with Gasteiger partial charge in [0.25, 0.3) is 0 Å². The molecule has 0 spiro atoms. The van der Waals surface area contributed by atoms with Crippen molar-refractivity contribution in [3.8, 4) is 0 Å². The van der Waals surface area contributed by atoms with Crippen LogP contribution in [0.5, 0.6) is 0 Å². The van der Waals surface area contributed by atoms with Gasteiger partial charge in [-0.2, -0.15) is 24.3 Å². The summed E-state index contributed by atoms with van der Waals surface area (Å²) in [5.41, 5.74) is 2.74. The van der Waals surface area contributed by atoms with Crippen molar-refractivity contribution < 1.29 is 26.6 Å². The molecule has 0 bridgehead atoms. The van der Waals surface area contributed by atoms with E-state index in [0.29, 0.717) is 0 Å². The van der Waals surface area contributed by atoms with Crippen LogP contribution in [0.1, 0.15) is 21.5 Å². The van der Waals surface area contributed by atoms with Crippen molar-refractivity contribution in [2.24, 2.45) is 0 Å². The van der Waals surface area contributed by atoms with Gasteiger partial charge in [-0.05, 0) is 0 Å². The standard InChI is InChI=1S/C12H9O.C7H9O.Fe/c13-12(11-8-4-5-9-11)10-6-2-1-3-7-10;1-8-6-7-4-2-3-5-7;/h1-9H;2-5H,6H2,1H3;/q-5;-1;. The molecule has 0 saturated carbocycles. The summed E-state index contributed by atoms with van der Waals surface area (Å²) in [7, 11) is 1.70. The Morgan fingerprint density at radius 1 is 1.05 bits per heavy atom. The molecule has 0 amide bonds. The first-order chi connectivity index (χ1) is 10.3. The molecule has 0 N–H and O–H groups in total. The van der Waals surface area contributed by atoms with Gasteiger partial charge < -0.3 is 50.7 Å². The quantitative estimate of drug-likeness (QED) is 0.406. The fraction of sp³-hybridized carbons (Fsp3) is 0.105. The largest absolute Gasteiger partial charge is 0.644 e. The summed E-state index contributed by atoms with van der Waals surface area (Å²) in [6, 6.07) is 24.8. The van der Waals surface area contributed by atoms with Crippen LogP contribution < -0.4 is 0 Å². The van der Waals surface area contributed by atoms with E-state index in [2.05, 4.69) is 0 Å². The number of hydrogen-bond donors (Lipinski definition) is 0. The molecule has 0 heterocycles. The number of methoxy groups -OCH3 is 1. The number of ether oxygens (including phenoxy) is 1. The van der Waals surface area contributed by atoms with Crippen molar-refractivity contribution >= 4 is 5.78 Å². The molecule has 0 saturated heterocycles. The summed E-state index contributed by atoms with van der Waals surface area (Å²) in [6.45, 7) is 0.729. The maximum absolute atomic E-state index is 11.7. The van der Waals surface area contributed by atoms with E-state index in [-0.39, 0.29) is 22.9 Å². The van der Waals surface area contributed by atoms with Gasteiger partial charge in [-0.25, -0.2) is 12.1 Å². The molecule has 3 aromatic carbocycles. The van der Waals surface area contributed by atoms with E-state index in [1.54, 1.807) is 7.11 Å². The molecule has 0 aromatic heterocycles. The molecule has 0 unspecified atom stereocenters. The summed E-state index contributed by atoms with van der Waals surface area (Å²) in [6.07, 6.45) is 0. The number of ketones is 1. The van der Waals surface area contributed by atoms with Crippen LogP contribution in [-0.2, 0) is 28.4 Å². The van der Waals surface area contributed by atoms with Crippen molar-refractivity contribution in [2.75, 3.05) is 7.11 Å². The number of carbonyl (C=O) groups excluding carboxylic acids is 1. The smallest absolute Gasteiger partial charge is 0.0345 e. The zero-order valence-electron chi connectivity index (χ0n) is 12.4. The topological polar surface area (TPSA) is 26.3 Å². The van der Waals surface area contributed by atoms with Crippen LogP contribution in [-0.4, -0.2) is 12.9 Å². The molecule has 120 valence electrons. The Bertz CT molecular complexity index is 625. The van der Waals surface area contributed by atoms with Crippen LogP contribution in [0.4, 0.5) is 0 Å². The summed E-state index contributed by atoms with van der Waals surface area (Å²) < 4.78 is 4.89. The van der Waals surface area contributed by atoms with Gasteiger partial charge in [0.15, 0.2) is 0 Å². The summed E-state index contributed by atoms with van der Waals surface area (Å²) in [4.78, 5) is 11.7. The minimum Gasteiger partial charge on any atom is -0.644 e. The molecule has 3 rings (SSSR count). The minimum atomic E-state index is 0. The molecule has 22 heavy (non-hydrogen) atoms. The Morgan fingerprint density at radius 2 is 1.64 bits per heavy atom. The second kappa shape index (κ2) is 9.91. The molecular weight excluding hydrogens is 316 g/mol. The third-order valence-corrected chi connectivity index (χ3v) is 3.00. The second-order valence-electron chi connectivity index (χ2n) is 4.59. The Balaban J connectivity index is 0.000000234. The molecule has 0 atom stereocenters. The Morgan fingerprint density at radius 3 is 2.18 bits per heavy atom. The number of hydrogen-bond acceptors (Lipinski definition) is 2. The molecule has 0 fully saturated rings. The number of benzene rings is 1. The van der Waals surface area contributed by atoms with E-state index >= 15 is 0 Å². The van der Waals surface area contributed by atoms with Crippen molar-refractivity contribution in [1.29, 1.82) is 0 Å². The zero-order valence-corrected chi connectivity index (χ0v) is 13.5. The van der Waals surface area contributed by atoms with E-state index in [1.165, 1.54) is 5.56 Å². The maximum Gasteiger partial charge on any atom is 0.0345 e. The third kappa shape index (κ3) is 5.45. The van der Waals surface area contributed by atoms with Crippen molar-refractivity contribution in [2.45, 2.75) is 6.61 Å². The van der Waals surface area contributed by atoms with Crippen LogP contribution in [0.2, 0.25) is 0 Å². The normalized spacial score (nSPS) is 9.32. The zero-order chi connectivity index (χ0) is 14.9. The maximum atomic E-state index is 11.7. The number of rotatable bonds is 4. The Kier molecular flexibility index (Phi) is 8.16. The fourth-order valence-corrected chi connectivity index (χ4v) is 1.96. The summed E-state index contributed by atoms with van der Waals surface area (Å²) in [5.74, 6) is 0.0885. The van der Waals surface area contributed by atoms with Crippen LogP contribution in [0.3, 0.4) is 0 Å². The predicted molar refractivity (Wildman–Crippen MR) is 84.7 cm³/mol. The van der Waals surface area contributed by atoms with Crippen molar-refractivity contribution in [3.05, 3.63) is 95.6 Å². The van der Waals surface area contributed by atoms with Gasteiger partial charge >= 0.3 is 0 Å². The van der Waals surface area contributed by atoms with E-state index in [0.717, 1.165) is 17.7 Å². The molecule has 3 heteroatoms. The van der Waals surface area contributed by atoms with E-state index in [1.807, 2.05) is 78.9 Å². The average molecular weight is 334 g/mol. The van der Waals surface area contributed by atoms with Gasteiger partial charge in [0.2, 0.25) is 0 Å². The molecular formula is C19H18FeO2-6. The summed E-state index contributed by atoms with van der Waals surface area (Å²) >= 11 is 0. The first-order valence-corrected chi connectivity index (χ1v) is 6.82. The molecule has 0 aliphatic carbocycles. The summed E-state index contributed by atoms with van der Waals surface area (Å²) in [5, 5.41) is 0. The SMILES string of the molecule is COC[c-]1cccc1.O=C(c1ccccc1)[c-]1[cH-][cH-][cH-][cH-]1.[Fe]. The molecule has 2 nitrogen and oxygen atoms in total. The van der Waals surface area contributed by atoms with Gasteiger partial charge in [0, 0.05) is 30.8 Å². The van der Waals surface area contributed by atoms with Gasteiger partial charge in [-0.1, -0.05) is 18.2 Å². The monoisotopic (exact) mass is 334 g/mol. The first-order valence-electron chi connectivity index (χ1n) is 6.82. The first kappa shape index (κ1) is 18.1.